The molecule has 1 aromatic rings. The Kier molecular flexibility index (Phi) is 7.64. The number of β-amino-alcohol motifs (C(OH)–C–C–N with tert-alkyl or cyclic N) is 1. The SMILES string of the molecule is CC(C)(C)OC(=O)N[C@@H]1CCN(c2ccc(CO[Si](C)(C)C(C)(C)C)cc2)C[C@H]1O. The van der Waals surface area contributed by atoms with Crippen LogP contribution in [0.3, 0.4) is 0 Å². The van der Waals surface area contributed by atoms with Crippen LogP contribution in [-0.2, 0) is 15.8 Å². The summed E-state index contributed by atoms with van der Waals surface area (Å²) in [5.74, 6) is 0. The highest BCUT2D eigenvalue weighted by atomic mass is 28.4. The van der Waals surface area contributed by atoms with Gasteiger partial charge >= 0.3 is 6.09 Å². The van der Waals surface area contributed by atoms with Crippen molar-refractivity contribution in [1.82, 2.24) is 5.32 Å². The van der Waals surface area contributed by atoms with E-state index in [1.165, 1.54) is 0 Å². The van der Waals surface area contributed by atoms with Crippen molar-refractivity contribution < 1.29 is 19.1 Å². The molecule has 2 N–H and O–H groups in total. The van der Waals surface area contributed by atoms with Gasteiger partial charge in [-0.2, -0.15) is 0 Å². The van der Waals surface area contributed by atoms with Gasteiger partial charge in [-0.25, -0.2) is 4.79 Å². The predicted octanol–water partition coefficient (Wildman–Crippen LogP) is 4.67. The Bertz CT molecular complexity index is 707. The number of alkyl carbamates (subject to hydrolysis) is 1. The number of hydrogen-bond acceptors (Lipinski definition) is 5. The fraction of sp³-hybridized carbons (Fsp3) is 0.696. The van der Waals surface area contributed by atoms with E-state index in [-0.39, 0.29) is 11.1 Å². The van der Waals surface area contributed by atoms with Crippen molar-refractivity contribution in [2.75, 3.05) is 18.0 Å². The highest BCUT2D eigenvalue weighted by molar-refractivity contribution is 6.74. The molecule has 0 aliphatic carbocycles. The summed E-state index contributed by atoms with van der Waals surface area (Å²) in [6, 6.07) is 8.06. The van der Waals surface area contributed by atoms with E-state index in [0.29, 0.717) is 19.6 Å². The Morgan fingerprint density at radius 1 is 1.17 bits per heavy atom. The third-order valence-corrected chi connectivity index (χ3v) is 10.5. The number of amides is 1. The van der Waals surface area contributed by atoms with Crippen molar-refractivity contribution in [3.63, 3.8) is 0 Å². The van der Waals surface area contributed by atoms with Gasteiger partial charge in [-0.15, -0.1) is 0 Å². The van der Waals surface area contributed by atoms with E-state index in [9.17, 15) is 9.90 Å². The topological polar surface area (TPSA) is 71.0 Å². The molecule has 0 bridgehead atoms. The van der Waals surface area contributed by atoms with Crippen LogP contribution in [0.4, 0.5) is 10.5 Å². The van der Waals surface area contributed by atoms with Gasteiger partial charge in [0, 0.05) is 18.8 Å². The lowest BCUT2D eigenvalue weighted by Crippen LogP contribution is -2.54. The summed E-state index contributed by atoms with van der Waals surface area (Å²) >= 11 is 0. The van der Waals surface area contributed by atoms with Crippen LogP contribution in [0.25, 0.3) is 0 Å². The maximum absolute atomic E-state index is 12.0. The summed E-state index contributed by atoms with van der Waals surface area (Å²) in [7, 11) is -1.77. The van der Waals surface area contributed by atoms with Crippen LogP contribution in [0.5, 0.6) is 0 Å². The third kappa shape index (κ3) is 6.99. The van der Waals surface area contributed by atoms with Crippen molar-refractivity contribution in [3.05, 3.63) is 29.8 Å². The minimum Gasteiger partial charge on any atom is -0.444 e. The zero-order valence-electron chi connectivity index (χ0n) is 19.9. The van der Waals surface area contributed by atoms with Crippen molar-refractivity contribution >= 4 is 20.1 Å². The summed E-state index contributed by atoms with van der Waals surface area (Å²) < 4.78 is 11.6. The molecule has 2 atom stereocenters. The second kappa shape index (κ2) is 9.28. The molecule has 6 nitrogen and oxygen atoms in total. The first-order chi connectivity index (χ1) is 13.7. The summed E-state index contributed by atoms with van der Waals surface area (Å²) in [6.07, 6.45) is -0.463. The maximum Gasteiger partial charge on any atom is 0.407 e. The predicted molar refractivity (Wildman–Crippen MR) is 124 cm³/mol. The standard InChI is InChI=1S/C23H40N2O4Si/c1-22(2,3)29-21(27)24-19-13-14-25(15-20(19)26)18-11-9-17(10-12-18)16-28-30(7,8)23(4,5)6/h9-12,19-20,26H,13-16H2,1-8H3,(H,24,27)/t19-,20-/m1/s1. The maximum atomic E-state index is 12.0. The molecule has 1 aliphatic heterocycles. The van der Waals surface area contributed by atoms with Crippen molar-refractivity contribution in [3.8, 4) is 0 Å². The zero-order chi connectivity index (χ0) is 22.7. The van der Waals surface area contributed by atoms with Crippen LogP contribution in [-0.4, -0.2) is 50.4 Å². The number of hydrogen-bond donors (Lipinski definition) is 2. The molecule has 0 spiro atoms. The van der Waals surface area contributed by atoms with Gasteiger partial charge in [0.25, 0.3) is 0 Å². The van der Waals surface area contributed by atoms with Crippen LogP contribution in [0, 0.1) is 0 Å². The number of nitrogens with one attached hydrogen (secondary N) is 1. The second-order valence-corrected chi connectivity index (χ2v) is 15.6. The molecular weight excluding hydrogens is 396 g/mol. The number of rotatable bonds is 5. The number of benzene rings is 1. The molecule has 0 saturated carbocycles. The lowest BCUT2D eigenvalue weighted by Gasteiger charge is -2.38. The number of nitrogens with zero attached hydrogens (tertiary/aromatic N) is 1. The van der Waals surface area contributed by atoms with Crippen molar-refractivity contribution in [1.29, 1.82) is 0 Å². The van der Waals surface area contributed by atoms with E-state index in [1.807, 2.05) is 20.8 Å². The minimum absolute atomic E-state index is 0.195. The normalized spacial score (nSPS) is 20.8. The number of carbonyl (C=O) groups excluding carboxylic acids is 1. The molecular formula is C23H40N2O4Si. The Morgan fingerprint density at radius 3 is 2.27 bits per heavy atom. The van der Waals surface area contributed by atoms with E-state index in [4.69, 9.17) is 9.16 Å². The largest absolute Gasteiger partial charge is 0.444 e. The van der Waals surface area contributed by atoms with Gasteiger partial charge in [0.05, 0.1) is 18.8 Å². The van der Waals surface area contributed by atoms with Gasteiger partial charge < -0.3 is 24.5 Å². The summed E-state index contributed by atoms with van der Waals surface area (Å²) in [4.78, 5) is 14.1. The van der Waals surface area contributed by atoms with Gasteiger partial charge in [0.2, 0.25) is 0 Å². The van der Waals surface area contributed by atoms with E-state index in [0.717, 1.165) is 17.8 Å². The van der Waals surface area contributed by atoms with Gasteiger partial charge in [-0.3, -0.25) is 0 Å². The highest BCUT2D eigenvalue weighted by Crippen LogP contribution is 2.37. The van der Waals surface area contributed by atoms with Crippen LogP contribution in [0.1, 0.15) is 53.5 Å². The van der Waals surface area contributed by atoms with Crippen LogP contribution < -0.4 is 10.2 Å². The average Bonchev–Trinajstić information content (AvgIpc) is 2.60. The molecule has 0 aromatic heterocycles. The average molecular weight is 437 g/mol. The Hall–Kier alpha value is -1.57. The number of aliphatic hydroxyl groups excluding tert-OH is 1. The molecule has 0 radical (unpaired) electrons. The molecule has 30 heavy (non-hydrogen) atoms. The van der Waals surface area contributed by atoms with E-state index < -0.39 is 26.1 Å². The van der Waals surface area contributed by atoms with E-state index in [1.54, 1.807) is 0 Å². The van der Waals surface area contributed by atoms with Gasteiger partial charge in [0.1, 0.15) is 5.60 Å². The Labute approximate surface area is 183 Å². The third-order valence-electron chi connectivity index (χ3n) is 5.99. The summed E-state index contributed by atoms with van der Waals surface area (Å²) in [5, 5.41) is 13.5. The molecule has 1 aromatic carbocycles. The Morgan fingerprint density at radius 2 is 1.77 bits per heavy atom. The summed E-state index contributed by atoms with van der Waals surface area (Å²) in [6.45, 7) is 18.6. The first kappa shape index (κ1) is 24.7. The molecule has 1 fully saturated rings. The van der Waals surface area contributed by atoms with Crippen LogP contribution in [0.15, 0.2) is 24.3 Å². The smallest absolute Gasteiger partial charge is 0.407 e. The summed E-state index contributed by atoms with van der Waals surface area (Å²) in [5.41, 5.74) is 1.68. The molecule has 1 heterocycles. The second-order valence-electron chi connectivity index (χ2n) is 10.8. The first-order valence-corrected chi connectivity index (χ1v) is 13.7. The van der Waals surface area contributed by atoms with Crippen LogP contribution >= 0.6 is 0 Å². The molecule has 2 rings (SSSR count). The van der Waals surface area contributed by atoms with Crippen LogP contribution in [0.2, 0.25) is 18.1 Å². The Balaban J connectivity index is 1.89. The molecule has 0 unspecified atom stereocenters. The van der Waals surface area contributed by atoms with E-state index in [2.05, 4.69) is 68.3 Å². The lowest BCUT2D eigenvalue weighted by atomic mass is 10.0. The van der Waals surface area contributed by atoms with Gasteiger partial charge in [-0.1, -0.05) is 32.9 Å². The quantitative estimate of drug-likeness (QED) is 0.656. The number of ether oxygens (including phenoxy) is 1. The highest BCUT2D eigenvalue weighted by Gasteiger charge is 2.37. The molecule has 1 saturated heterocycles. The number of aliphatic hydroxyl groups is 1. The molecule has 170 valence electrons. The first-order valence-electron chi connectivity index (χ1n) is 10.8. The number of anilines is 1. The van der Waals surface area contributed by atoms with Crippen molar-refractivity contribution in [2.24, 2.45) is 0 Å². The fourth-order valence-corrected chi connectivity index (χ4v) is 4.04. The zero-order valence-corrected chi connectivity index (χ0v) is 20.9. The lowest BCUT2D eigenvalue weighted by molar-refractivity contribution is 0.0402. The monoisotopic (exact) mass is 436 g/mol. The molecule has 7 heteroatoms. The van der Waals surface area contributed by atoms with Gasteiger partial charge in [-0.05, 0) is 63.0 Å². The number of piperidine rings is 1. The minimum atomic E-state index is -1.77. The van der Waals surface area contributed by atoms with Gasteiger partial charge in [0.15, 0.2) is 8.32 Å². The fourth-order valence-electron chi connectivity index (χ4n) is 3.08. The molecule has 1 amide bonds. The van der Waals surface area contributed by atoms with E-state index >= 15 is 0 Å². The number of carbonyl (C=O) groups is 1. The van der Waals surface area contributed by atoms with Crippen molar-refractivity contribution in [2.45, 2.75) is 90.4 Å². The molecule has 1 aliphatic rings.